The maximum atomic E-state index is 10.3. The smallest absolute Gasteiger partial charge is 0.305 e. The van der Waals surface area contributed by atoms with Gasteiger partial charge in [-0.15, -0.1) is 0 Å². The Kier molecular flexibility index (Phi) is 4.30. The first-order chi connectivity index (χ1) is 7.61. The number of nitriles is 1. The largest absolute Gasteiger partial charge is 0.492 e. The van der Waals surface area contributed by atoms with Crippen molar-refractivity contribution in [2.75, 3.05) is 6.61 Å². The third-order valence-electron chi connectivity index (χ3n) is 1.86. The van der Waals surface area contributed by atoms with Crippen LogP contribution >= 0.6 is 0 Å². The molecule has 0 fully saturated rings. The zero-order valence-electron chi connectivity index (χ0n) is 8.59. The molecule has 5 nitrogen and oxygen atoms in total. The first-order valence-corrected chi connectivity index (χ1v) is 4.72. The highest BCUT2D eigenvalue weighted by molar-refractivity contribution is 5.67. The van der Waals surface area contributed by atoms with Crippen LogP contribution < -0.4 is 10.5 Å². The van der Waals surface area contributed by atoms with Gasteiger partial charge in [-0.25, -0.2) is 0 Å². The molecule has 1 aromatic carbocycles. The highest BCUT2D eigenvalue weighted by atomic mass is 16.5. The summed E-state index contributed by atoms with van der Waals surface area (Å²) in [5.74, 6) is -0.443. The summed E-state index contributed by atoms with van der Waals surface area (Å²) in [4.78, 5) is 10.3. The number of nitrogens with two attached hydrogens (primary N) is 1. The van der Waals surface area contributed by atoms with Gasteiger partial charge in [-0.05, 0) is 18.2 Å². The molecule has 0 saturated heterocycles. The van der Waals surface area contributed by atoms with Crippen molar-refractivity contribution >= 4 is 5.97 Å². The van der Waals surface area contributed by atoms with Crippen LogP contribution in [0.4, 0.5) is 0 Å². The molecule has 16 heavy (non-hydrogen) atoms. The number of benzene rings is 1. The van der Waals surface area contributed by atoms with E-state index in [9.17, 15) is 4.79 Å². The van der Waals surface area contributed by atoms with E-state index in [2.05, 4.69) is 0 Å². The van der Waals surface area contributed by atoms with Crippen LogP contribution in [0, 0.1) is 11.3 Å². The quantitative estimate of drug-likeness (QED) is 0.762. The molecule has 0 aromatic heterocycles. The Hall–Kier alpha value is -2.06. The van der Waals surface area contributed by atoms with Crippen molar-refractivity contribution in [1.82, 2.24) is 0 Å². The third-order valence-corrected chi connectivity index (χ3v) is 1.86. The molecule has 0 aliphatic heterocycles. The van der Waals surface area contributed by atoms with E-state index in [1.54, 1.807) is 24.3 Å². The Balaban J connectivity index is 2.48. The van der Waals surface area contributed by atoms with E-state index in [1.807, 2.05) is 6.07 Å². The van der Waals surface area contributed by atoms with Crippen LogP contribution in [0.15, 0.2) is 24.3 Å². The number of hydrogen-bond acceptors (Lipinski definition) is 4. The molecule has 1 aromatic rings. The molecule has 0 heterocycles. The lowest BCUT2D eigenvalue weighted by atomic mass is 10.2. The SMILES string of the molecule is N#Cc1cccc(OC[C@H](N)CC(=O)O)c1. The normalized spacial score (nSPS) is 11.5. The van der Waals surface area contributed by atoms with E-state index in [0.717, 1.165) is 0 Å². The van der Waals surface area contributed by atoms with Crippen LogP contribution in [0.5, 0.6) is 5.75 Å². The summed E-state index contributed by atoms with van der Waals surface area (Å²) in [7, 11) is 0. The molecule has 0 amide bonds. The second-order valence-electron chi connectivity index (χ2n) is 3.31. The second kappa shape index (κ2) is 5.73. The van der Waals surface area contributed by atoms with E-state index < -0.39 is 12.0 Å². The monoisotopic (exact) mass is 220 g/mol. The fourth-order valence-corrected chi connectivity index (χ4v) is 1.14. The van der Waals surface area contributed by atoms with E-state index in [1.165, 1.54) is 0 Å². The molecular formula is C11H12N2O3. The molecule has 84 valence electrons. The number of carbonyl (C=O) groups is 1. The van der Waals surface area contributed by atoms with Crippen LogP contribution in [0.1, 0.15) is 12.0 Å². The van der Waals surface area contributed by atoms with Crippen LogP contribution in [0.25, 0.3) is 0 Å². The van der Waals surface area contributed by atoms with Crippen LogP contribution in [0.3, 0.4) is 0 Å². The summed E-state index contributed by atoms with van der Waals surface area (Å²) >= 11 is 0. The molecule has 1 atom stereocenters. The van der Waals surface area contributed by atoms with Gasteiger partial charge in [-0.3, -0.25) is 4.79 Å². The summed E-state index contributed by atoms with van der Waals surface area (Å²) in [6.07, 6.45) is -0.141. The van der Waals surface area contributed by atoms with Crippen LogP contribution in [0.2, 0.25) is 0 Å². The summed E-state index contributed by atoms with van der Waals surface area (Å²) in [6, 6.07) is 8.04. The van der Waals surface area contributed by atoms with Crippen LogP contribution in [-0.4, -0.2) is 23.7 Å². The molecule has 0 saturated carbocycles. The average Bonchev–Trinajstić information content (AvgIpc) is 2.26. The molecule has 0 aliphatic carbocycles. The van der Waals surface area contributed by atoms with E-state index in [-0.39, 0.29) is 13.0 Å². The number of aliphatic carboxylic acids is 1. The number of hydrogen-bond donors (Lipinski definition) is 2. The predicted octanol–water partition coefficient (Wildman–Crippen LogP) is 0.739. The van der Waals surface area contributed by atoms with Gasteiger partial charge in [0.15, 0.2) is 0 Å². The van der Waals surface area contributed by atoms with Crippen molar-refractivity contribution < 1.29 is 14.6 Å². The molecule has 3 N–H and O–H groups in total. The Morgan fingerprint density at radius 3 is 3.00 bits per heavy atom. The lowest BCUT2D eigenvalue weighted by molar-refractivity contribution is -0.137. The Morgan fingerprint density at radius 2 is 2.38 bits per heavy atom. The zero-order valence-corrected chi connectivity index (χ0v) is 8.59. The van der Waals surface area contributed by atoms with Crippen molar-refractivity contribution in [3.05, 3.63) is 29.8 Å². The van der Waals surface area contributed by atoms with Crippen molar-refractivity contribution in [3.63, 3.8) is 0 Å². The number of nitrogens with zero attached hydrogens (tertiary/aromatic N) is 1. The summed E-state index contributed by atoms with van der Waals surface area (Å²) in [5.41, 5.74) is 6.01. The first kappa shape index (κ1) is 12.0. The maximum Gasteiger partial charge on any atom is 0.305 e. The molecule has 1 rings (SSSR count). The molecular weight excluding hydrogens is 208 g/mol. The number of ether oxygens (including phenoxy) is 1. The standard InChI is InChI=1S/C11H12N2O3/c12-6-8-2-1-3-10(4-8)16-7-9(13)5-11(14)15/h1-4,9H,5,7,13H2,(H,14,15)/t9-/m1/s1. The van der Waals surface area contributed by atoms with Gasteiger partial charge < -0.3 is 15.6 Å². The van der Waals surface area contributed by atoms with E-state index in [0.29, 0.717) is 11.3 Å². The van der Waals surface area contributed by atoms with Gasteiger partial charge in [0.25, 0.3) is 0 Å². The summed E-state index contributed by atoms with van der Waals surface area (Å²) in [5, 5.41) is 17.1. The van der Waals surface area contributed by atoms with Gasteiger partial charge in [0.1, 0.15) is 12.4 Å². The maximum absolute atomic E-state index is 10.3. The number of rotatable bonds is 5. The lowest BCUT2D eigenvalue weighted by Gasteiger charge is -2.11. The molecule has 0 radical (unpaired) electrons. The van der Waals surface area contributed by atoms with Gasteiger partial charge in [-0.1, -0.05) is 6.07 Å². The molecule has 0 unspecified atom stereocenters. The summed E-state index contributed by atoms with van der Waals surface area (Å²) in [6.45, 7) is 0.112. The fourth-order valence-electron chi connectivity index (χ4n) is 1.14. The van der Waals surface area contributed by atoms with Gasteiger partial charge in [-0.2, -0.15) is 5.26 Å². The Morgan fingerprint density at radius 1 is 1.62 bits per heavy atom. The molecule has 0 spiro atoms. The minimum Gasteiger partial charge on any atom is -0.492 e. The van der Waals surface area contributed by atoms with Crippen LogP contribution in [-0.2, 0) is 4.79 Å². The van der Waals surface area contributed by atoms with Crippen molar-refractivity contribution in [3.8, 4) is 11.8 Å². The third kappa shape index (κ3) is 3.98. The Bertz CT molecular complexity index is 412. The van der Waals surface area contributed by atoms with Crippen molar-refractivity contribution in [2.24, 2.45) is 5.73 Å². The lowest BCUT2D eigenvalue weighted by Crippen LogP contribution is -2.30. The van der Waals surface area contributed by atoms with E-state index in [4.69, 9.17) is 20.8 Å². The van der Waals surface area contributed by atoms with Gasteiger partial charge >= 0.3 is 5.97 Å². The average molecular weight is 220 g/mol. The first-order valence-electron chi connectivity index (χ1n) is 4.72. The minimum atomic E-state index is -0.957. The topological polar surface area (TPSA) is 96.3 Å². The van der Waals surface area contributed by atoms with Gasteiger partial charge in [0.05, 0.1) is 18.1 Å². The minimum absolute atomic E-state index is 0.112. The number of carboxylic acid groups (broad SMARTS) is 1. The van der Waals surface area contributed by atoms with Gasteiger partial charge in [0.2, 0.25) is 0 Å². The second-order valence-corrected chi connectivity index (χ2v) is 3.31. The highest BCUT2D eigenvalue weighted by Gasteiger charge is 2.08. The van der Waals surface area contributed by atoms with Crippen molar-refractivity contribution in [1.29, 1.82) is 5.26 Å². The number of carboxylic acids is 1. The van der Waals surface area contributed by atoms with E-state index >= 15 is 0 Å². The highest BCUT2D eigenvalue weighted by Crippen LogP contribution is 2.12. The molecule has 0 bridgehead atoms. The Labute approximate surface area is 93.1 Å². The predicted molar refractivity (Wildman–Crippen MR) is 56.9 cm³/mol. The molecule has 5 heteroatoms. The fraction of sp³-hybridized carbons (Fsp3) is 0.273. The van der Waals surface area contributed by atoms with Gasteiger partial charge in [0, 0.05) is 6.04 Å². The molecule has 0 aliphatic rings. The van der Waals surface area contributed by atoms with Crippen molar-refractivity contribution in [2.45, 2.75) is 12.5 Å². The zero-order chi connectivity index (χ0) is 12.0. The summed E-state index contributed by atoms with van der Waals surface area (Å²) < 4.78 is 5.27.